The summed E-state index contributed by atoms with van der Waals surface area (Å²) in [4.78, 5) is 4.60. The van der Waals surface area contributed by atoms with Crippen molar-refractivity contribution >= 4 is 22.3 Å². The van der Waals surface area contributed by atoms with Crippen LogP contribution in [0.4, 0.5) is 11.4 Å². The summed E-state index contributed by atoms with van der Waals surface area (Å²) in [5.41, 5.74) is 3.48. The van der Waals surface area contributed by atoms with Crippen molar-refractivity contribution in [3.63, 3.8) is 0 Å². The maximum atomic E-state index is 5.45. The number of para-hydroxylation sites is 1. The van der Waals surface area contributed by atoms with Crippen molar-refractivity contribution in [2.24, 2.45) is 0 Å². The van der Waals surface area contributed by atoms with Crippen molar-refractivity contribution in [3.8, 4) is 17.2 Å². The maximum Gasteiger partial charge on any atom is 0.145 e. The van der Waals surface area contributed by atoms with E-state index in [1.807, 2.05) is 49.4 Å². The lowest BCUT2D eigenvalue weighted by atomic mass is 10.1. The number of benzene rings is 2. The quantitative estimate of drug-likeness (QED) is 0.758. The molecule has 0 saturated heterocycles. The lowest BCUT2D eigenvalue weighted by Gasteiger charge is -2.15. The van der Waals surface area contributed by atoms with Crippen LogP contribution in [0.5, 0.6) is 17.2 Å². The number of fused-ring (bicyclic) bond motifs is 1. The van der Waals surface area contributed by atoms with Gasteiger partial charge in [0, 0.05) is 22.8 Å². The van der Waals surface area contributed by atoms with Crippen LogP contribution in [0.3, 0.4) is 0 Å². The molecule has 2 aromatic carbocycles. The molecule has 3 aromatic rings. The third-order valence-electron chi connectivity index (χ3n) is 3.83. The van der Waals surface area contributed by atoms with Gasteiger partial charge in [-0.1, -0.05) is 12.1 Å². The molecule has 0 saturated carbocycles. The van der Waals surface area contributed by atoms with E-state index in [9.17, 15) is 0 Å². The minimum Gasteiger partial charge on any atom is -0.497 e. The highest BCUT2D eigenvalue weighted by molar-refractivity contribution is 5.97. The molecular formula is C19H20N2O3. The Bertz CT molecular complexity index is 878. The van der Waals surface area contributed by atoms with Crippen LogP contribution in [0, 0.1) is 6.92 Å². The fourth-order valence-electron chi connectivity index (χ4n) is 2.68. The summed E-state index contributed by atoms with van der Waals surface area (Å²) >= 11 is 0. The number of anilines is 2. The number of methoxy groups -OCH3 is 3. The molecule has 0 bridgehead atoms. The molecule has 1 heterocycles. The van der Waals surface area contributed by atoms with Gasteiger partial charge in [0.25, 0.3) is 0 Å². The first kappa shape index (κ1) is 15.9. The lowest BCUT2D eigenvalue weighted by molar-refractivity contribution is 0.405. The molecule has 3 rings (SSSR count). The topological polar surface area (TPSA) is 52.6 Å². The number of ether oxygens (including phenoxy) is 3. The maximum absolute atomic E-state index is 5.45. The molecule has 0 spiro atoms. The molecule has 0 radical (unpaired) electrons. The Kier molecular flexibility index (Phi) is 4.42. The monoisotopic (exact) mass is 324 g/mol. The normalized spacial score (nSPS) is 10.5. The van der Waals surface area contributed by atoms with Gasteiger partial charge in [-0.3, -0.25) is 0 Å². The summed E-state index contributed by atoms with van der Waals surface area (Å²) in [5, 5.41) is 4.41. The van der Waals surface area contributed by atoms with Crippen molar-refractivity contribution in [1.29, 1.82) is 0 Å². The zero-order chi connectivity index (χ0) is 17.1. The van der Waals surface area contributed by atoms with Gasteiger partial charge in [-0.2, -0.15) is 0 Å². The van der Waals surface area contributed by atoms with Gasteiger partial charge in [0.1, 0.15) is 22.8 Å². The largest absolute Gasteiger partial charge is 0.497 e. The predicted molar refractivity (Wildman–Crippen MR) is 95.9 cm³/mol. The number of nitrogens with zero attached hydrogens (tertiary/aromatic N) is 1. The van der Waals surface area contributed by atoms with Crippen LogP contribution in [-0.4, -0.2) is 26.3 Å². The molecule has 0 aliphatic heterocycles. The second kappa shape index (κ2) is 6.66. The summed E-state index contributed by atoms with van der Waals surface area (Å²) < 4.78 is 16.2. The SMILES string of the molecule is COc1ccc(OC)c(Nc2cc(C)nc3c(OC)cccc23)c1. The van der Waals surface area contributed by atoms with Crippen molar-refractivity contribution in [3.05, 3.63) is 48.2 Å². The number of pyridine rings is 1. The van der Waals surface area contributed by atoms with Crippen LogP contribution in [0.25, 0.3) is 10.9 Å². The van der Waals surface area contributed by atoms with Crippen LogP contribution < -0.4 is 19.5 Å². The van der Waals surface area contributed by atoms with E-state index < -0.39 is 0 Å². The van der Waals surface area contributed by atoms with E-state index in [-0.39, 0.29) is 0 Å². The van der Waals surface area contributed by atoms with Crippen LogP contribution >= 0.6 is 0 Å². The molecular weight excluding hydrogens is 304 g/mol. The van der Waals surface area contributed by atoms with Crippen LogP contribution in [-0.2, 0) is 0 Å². The Hall–Kier alpha value is -2.95. The van der Waals surface area contributed by atoms with Crippen molar-refractivity contribution < 1.29 is 14.2 Å². The van der Waals surface area contributed by atoms with Gasteiger partial charge in [-0.05, 0) is 31.2 Å². The molecule has 5 nitrogen and oxygen atoms in total. The Morgan fingerprint density at radius 2 is 1.62 bits per heavy atom. The summed E-state index contributed by atoms with van der Waals surface area (Å²) in [6.45, 7) is 1.96. The van der Waals surface area contributed by atoms with E-state index in [2.05, 4.69) is 10.3 Å². The summed E-state index contributed by atoms with van der Waals surface area (Å²) in [6.07, 6.45) is 0. The smallest absolute Gasteiger partial charge is 0.145 e. The number of hydrogen-bond donors (Lipinski definition) is 1. The van der Waals surface area contributed by atoms with E-state index in [0.717, 1.165) is 45.2 Å². The molecule has 0 amide bonds. The van der Waals surface area contributed by atoms with E-state index in [1.165, 1.54) is 0 Å². The average Bonchev–Trinajstić information content (AvgIpc) is 2.61. The van der Waals surface area contributed by atoms with Gasteiger partial charge in [0.05, 0.1) is 27.0 Å². The number of hydrogen-bond acceptors (Lipinski definition) is 5. The third kappa shape index (κ3) is 2.93. The molecule has 5 heteroatoms. The first-order valence-electron chi connectivity index (χ1n) is 7.59. The van der Waals surface area contributed by atoms with Gasteiger partial charge in [-0.15, -0.1) is 0 Å². The number of aromatic nitrogens is 1. The fraction of sp³-hybridized carbons (Fsp3) is 0.211. The minimum atomic E-state index is 0.737. The highest BCUT2D eigenvalue weighted by atomic mass is 16.5. The Morgan fingerprint density at radius 3 is 2.33 bits per heavy atom. The molecule has 124 valence electrons. The van der Waals surface area contributed by atoms with Crippen molar-refractivity contribution in [1.82, 2.24) is 4.98 Å². The van der Waals surface area contributed by atoms with Gasteiger partial charge < -0.3 is 19.5 Å². The summed E-state index contributed by atoms with van der Waals surface area (Å²) in [5.74, 6) is 2.24. The fourth-order valence-corrected chi connectivity index (χ4v) is 2.68. The van der Waals surface area contributed by atoms with E-state index in [1.54, 1.807) is 21.3 Å². The third-order valence-corrected chi connectivity index (χ3v) is 3.83. The van der Waals surface area contributed by atoms with Gasteiger partial charge in [0.15, 0.2) is 0 Å². The lowest BCUT2D eigenvalue weighted by Crippen LogP contribution is -1.99. The highest BCUT2D eigenvalue weighted by Crippen LogP contribution is 2.36. The molecule has 1 aromatic heterocycles. The average molecular weight is 324 g/mol. The van der Waals surface area contributed by atoms with Crippen LogP contribution in [0.15, 0.2) is 42.5 Å². The van der Waals surface area contributed by atoms with Crippen molar-refractivity contribution in [2.75, 3.05) is 26.6 Å². The number of nitrogens with one attached hydrogen (secondary N) is 1. The molecule has 0 atom stereocenters. The second-order valence-corrected chi connectivity index (χ2v) is 5.36. The van der Waals surface area contributed by atoms with E-state index in [0.29, 0.717) is 0 Å². The standard InChI is InChI=1S/C19H20N2O3/c1-12-10-15(14-6-5-7-18(24-4)19(14)20-12)21-16-11-13(22-2)8-9-17(16)23-3/h5-11H,1-4H3,(H,20,21). The molecule has 0 aliphatic carbocycles. The van der Waals surface area contributed by atoms with Crippen LogP contribution in [0.2, 0.25) is 0 Å². The molecule has 0 fully saturated rings. The first-order chi connectivity index (χ1) is 11.7. The second-order valence-electron chi connectivity index (χ2n) is 5.36. The van der Waals surface area contributed by atoms with E-state index in [4.69, 9.17) is 14.2 Å². The number of aryl methyl sites for hydroxylation is 1. The number of rotatable bonds is 5. The Morgan fingerprint density at radius 1 is 0.833 bits per heavy atom. The zero-order valence-corrected chi connectivity index (χ0v) is 14.2. The first-order valence-corrected chi connectivity index (χ1v) is 7.59. The highest BCUT2D eigenvalue weighted by Gasteiger charge is 2.11. The summed E-state index contributed by atoms with van der Waals surface area (Å²) in [6, 6.07) is 13.5. The van der Waals surface area contributed by atoms with E-state index >= 15 is 0 Å². The molecule has 0 unspecified atom stereocenters. The Labute approximate surface area is 141 Å². The van der Waals surface area contributed by atoms with Crippen LogP contribution in [0.1, 0.15) is 5.69 Å². The summed E-state index contributed by atoms with van der Waals surface area (Å²) in [7, 11) is 4.94. The van der Waals surface area contributed by atoms with Gasteiger partial charge >= 0.3 is 0 Å². The van der Waals surface area contributed by atoms with Crippen molar-refractivity contribution in [2.45, 2.75) is 6.92 Å². The molecule has 1 N–H and O–H groups in total. The molecule has 24 heavy (non-hydrogen) atoms. The zero-order valence-electron chi connectivity index (χ0n) is 14.2. The van der Waals surface area contributed by atoms with Gasteiger partial charge in [0.2, 0.25) is 0 Å². The predicted octanol–water partition coefficient (Wildman–Crippen LogP) is 4.31. The Balaban J connectivity index is 2.14. The molecule has 0 aliphatic rings. The van der Waals surface area contributed by atoms with Gasteiger partial charge in [-0.25, -0.2) is 4.98 Å². The minimum absolute atomic E-state index is 0.737.